The van der Waals surface area contributed by atoms with E-state index in [1.54, 1.807) is 4.90 Å². The molecule has 1 fully saturated rings. The fraction of sp³-hybridized carbons (Fsp3) is 0.600. The Labute approximate surface area is 155 Å². The molecule has 0 aromatic heterocycles. The molecule has 3 unspecified atom stereocenters. The predicted octanol–water partition coefficient (Wildman–Crippen LogP) is 2.54. The molecule has 1 aliphatic rings. The van der Waals surface area contributed by atoms with Crippen LogP contribution < -0.4 is 5.32 Å². The maximum absolute atomic E-state index is 12.6. The van der Waals surface area contributed by atoms with E-state index in [9.17, 15) is 19.8 Å². The number of aliphatic hydroxyl groups excluding tert-OH is 1. The molecule has 0 spiro atoms. The van der Waals surface area contributed by atoms with Gasteiger partial charge in [-0.3, -0.25) is 4.79 Å². The quantitative estimate of drug-likeness (QED) is 0.725. The van der Waals surface area contributed by atoms with E-state index in [2.05, 4.69) is 5.32 Å². The van der Waals surface area contributed by atoms with Crippen molar-refractivity contribution in [1.29, 1.82) is 0 Å². The summed E-state index contributed by atoms with van der Waals surface area (Å²) in [7, 11) is 0. The van der Waals surface area contributed by atoms with Crippen molar-refractivity contribution in [2.24, 2.45) is 17.3 Å². The maximum atomic E-state index is 12.6. The number of carboxylic acid groups (broad SMARTS) is 1. The van der Waals surface area contributed by atoms with Gasteiger partial charge in [-0.05, 0) is 23.3 Å². The highest BCUT2D eigenvalue weighted by Gasteiger charge is 2.34. The van der Waals surface area contributed by atoms with Crippen molar-refractivity contribution in [2.75, 3.05) is 26.2 Å². The van der Waals surface area contributed by atoms with E-state index in [-0.39, 0.29) is 31.0 Å². The zero-order valence-electron chi connectivity index (χ0n) is 15.8. The second-order valence-electron chi connectivity index (χ2n) is 8.08. The van der Waals surface area contributed by atoms with Gasteiger partial charge in [-0.2, -0.15) is 0 Å². The van der Waals surface area contributed by atoms with Crippen LogP contribution in [-0.4, -0.2) is 53.4 Å². The monoisotopic (exact) mass is 362 g/mol. The van der Waals surface area contributed by atoms with Crippen molar-refractivity contribution in [3.63, 3.8) is 0 Å². The summed E-state index contributed by atoms with van der Waals surface area (Å²) in [5, 5.41) is 22.0. The molecule has 2 rings (SSSR count). The molecule has 0 aliphatic carbocycles. The molecular weight excluding hydrogens is 332 g/mol. The number of hydrogen-bond donors (Lipinski definition) is 3. The van der Waals surface area contributed by atoms with Crippen LogP contribution in [0.2, 0.25) is 0 Å². The number of nitrogens with zero attached hydrogens (tertiary/aromatic N) is 1. The number of likely N-dealkylation sites (tertiary alicyclic amines) is 1. The minimum absolute atomic E-state index is 0.00423. The van der Waals surface area contributed by atoms with Gasteiger partial charge in [-0.25, -0.2) is 4.79 Å². The van der Waals surface area contributed by atoms with Gasteiger partial charge in [-0.1, -0.05) is 51.1 Å². The van der Waals surface area contributed by atoms with Gasteiger partial charge in [-0.15, -0.1) is 0 Å². The van der Waals surface area contributed by atoms with Gasteiger partial charge in [0.05, 0.1) is 5.92 Å². The first-order chi connectivity index (χ1) is 12.2. The van der Waals surface area contributed by atoms with Crippen molar-refractivity contribution in [3.8, 4) is 0 Å². The van der Waals surface area contributed by atoms with Crippen LogP contribution in [0.3, 0.4) is 0 Å². The first-order valence-electron chi connectivity index (χ1n) is 9.16. The topological polar surface area (TPSA) is 89.9 Å². The van der Waals surface area contributed by atoms with Crippen molar-refractivity contribution in [1.82, 2.24) is 10.2 Å². The Morgan fingerprint density at radius 3 is 2.50 bits per heavy atom. The lowest BCUT2D eigenvalue weighted by atomic mass is 9.75. The fourth-order valence-electron chi connectivity index (χ4n) is 3.64. The number of aliphatic carboxylic acids is 1. The summed E-state index contributed by atoms with van der Waals surface area (Å²) in [6.45, 7) is 7.11. The first kappa shape index (κ1) is 20.2. The maximum Gasteiger partial charge on any atom is 0.317 e. The molecule has 6 nitrogen and oxygen atoms in total. The van der Waals surface area contributed by atoms with Crippen molar-refractivity contribution < 1.29 is 19.8 Å². The fourth-order valence-corrected chi connectivity index (χ4v) is 3.64. The van der Waals surface area contributed by atoms with Crippen LogP contribution in [0, 0.1) is 17.3 Å². The van der Waals surface area contributed by atoms with E-state index in [1.807, 2.05) is 51.1 Å². The molecule has 3 atom stereocenters. The summed E-state index contributed by atoms with van der Waals surface area (Å²) in [5.41, 5.74) is 0.662. The molecule has 0 radical (unpaired) electrons. The lowest BCUT2D eigenvalue weighted by molar-refractivity contribution is -0.143. The van der Waals surface area contributed by atoms with Crippen molar-refractivity contribution in [3.05, 3.63) is 35.9 Å². The molecule has 0 bridgehead atoms. The molecule has 26 heavy (non-hydrogen) atoms. The summed E-state index contributed by atoms with van der Waals surface area (Å²) in [4.78, 5) is 25.5. The standard InChI is InChI=1S/C20H30N2O4/c1-14-9-16(18(24)25)12-22(11-14)19(26)21-10-17(20(2,3)13-23)15-7-5-4-6-8-15/h4-8,14,16-17,23H,9-13H2,1-3H3,(H,21,26)(H,24,25). The minimum Gasteiger partial charge on any atom is -0.481 e. The van der Waals surface area contributed by atoms with Crippen LogP contribution in [0.15, 0.2) is 30.3 Å². The van der Waals surface area contributed by atoms with Crippen LogP contribution in [-0.2, 0) is 4.79 Å². The number of urea groups is 1. The molecule has 1 saturated heterocycles. The van der Waals surface area contributed by atoms with Gasteiger partial charge in [0, 0.05) is 32.2 Å². The van der Waals surface area contributed by atoms with Crippen molar-refractivity contribution in [2.45, 2.75) is 33.1 Å². The first-order valence-corrected chi connectivity index (χ1v) is 9.16. The number of amides is 2. The smallest absolute Gasteiger partial charge is 0.317 e. The Morgan fingerprint density at radius 2 is 1.92 bits per heavy atom. The van der Waals surface area contributed by atoms with E-state index >= 15 is 0 Å². The van der Waals surface area contributed by atoms with E-state index in [1.165, 1.54) is 0 Å². The van der Waals surface area contributed by atoms with Crippen LogP contribution in [0.1, 0.15) is 38.7 Å². The Hall–Kier alpha value is -2.08. The average Bonchev–Trinajstić information content (AvgIpc) is 2.61. The molecule has 1 aliphatic heterocycles. The lowest BCUT2D eigenvalue weighted by Gasteiger charge is -2.37. The third-order valence-corrected chi connectivity index (χ3v) is 5.31. The largest absolute Gasteiger partial charge is 0.481 e. The Kier molecular flexibility index (Phi) is 6.64. The predicted molar refractivity (Wildman–Crippen MR) is 99.9 cm³/mol. The van der Waals surface area contributed by atoms with Gasteiger partial charge in [0.1, 0.15) is 0 Å². The van der Waals surface area contributed by atoms with Gasteiger partial charge < -0.3 is 20.4 Å². The Balaban J connectivity index is 2.06. The minimum atomic E-state index is -0.849. The molecule has 2 amide bonds. The van der Waals surface area contributed by atoms with E-state index in [0.29, 0.717) is 19.5 Å². The van der Waals surface area contributed by atoms with Crippen LogP contribution >= 0.6 is 0 Å². The number of benzene rings is 1. The molecule has 6 heteroatoms. The number of piperidine rings is 1. The number of nitrogens with one attached hydrogen (secondary N) is 1. The van der Waals surface area contributed by atoms with Gasteiger partial charge in [0.2, 0.25) is 0 Å². The van der Waals surface area contributed by atoms with Crippen LogP contribution in [0.4, 0.5) is 4.79 Å². The van der Waals surface area contributed by atoms with Crippen LogP contribution in [0.25, 0.3) is 0 Å². The number of aliphatic hydroxyl groups is 1. The molecule has 3 N–H and O–H groups in total. The zero-order valence-corrected chi connectivity index (χ0v) is 15.8. The second-order valence-corrected chi connectivity index (χ2v) is 8.08. The number of carbonyl (C=O) groups is 2. The summed E-state index contributed by atoms with van der Waals surface area (Å²) < 4.78 is 0. The van der Waals surface area contributed by atoms with E-state index in [4.69, 9.17) is 0 Å². The Bertz CT molecular complexity index is 617. The third-order valence-electron chi connectivity index (χ3n) is 5.31. The molecule has 144 valence electrons. The molecule has 0 saturated carbocycles. The average molecular weight is 362 g/mol. The number of carboxylic acids is 1. The zero-order chi connectivity index (χ0) is 19.3. The second kappa shape index (κ2) is 8.54. The molecular formula is C20H30N2O4. The van der Waals surface area contributed by atoms with E-state index in [0.717, 1.165) is 5.56 Å². The highest BCUT2D eigenvalue weighted by atomic mass is 16.4. The Morgan fingerprint density at radius 1 is 1.27 bits per heavy atom. The van der Waals surface area contributed by atoms with Gasteiger partial charge in [0.25, 0.3) is 0 Å². The SMILES string of the molecule is CC1CC(C(=O)O)CN(C(=O)NCC(c2ccccc2)C(C)(C)CO)C1. The van der Waals surface area contributed by atoms with Crippen molar-refractivity contribution >= 4 is 12.0 Å². The molecule has 1 aromatic rings. The molecule has 1 heterocycles. The summed E-state index contributed by atoms with van der Waals surface area (Å²) >= 11 is 0. The number of carbonyl (C=O) groups excluding carboxylic acids is 1. The number of hydrogen-bond acceptors (Lipinski definition) is 3. The molecule has 1 aromatic carbocycles. The van der Waals surface area contributed by atoms with Crippen LogP contribution in [0.5, 0.6) is 0 Å². The normalized spacial score (nSPS) is 21.9. The highest BCUT2D eigenvalue weighted by Crippen LogP contribution is 2.34. The number of rotatable bonds is 6. The van der Waals surface area contributed by atoms with E-state index < -0.39 is 17.3 Å². The highest BCUT2D eigenvalue weighted by molar-refractivity contribution is 5.76. The summed E-state index contributed by atoms with van der Waals surface area (Å²) in [6.07, 6.45) is 0.600. The summed E-state index contributed by atoms with van der Waals surface area (Å²) in [5.74, 6) is -1.24. The van der Waals surface area contributed by atoms with Gasteiger partial charge >= 0.3 is 12.0 Å². The third kappa shape index (κ3) is 4.97. The van der Waals surface area contributed by atoms with Gasteiger partial charge in [0.15, 0.2) is 0 Å². The lowest BCUT2D eigenvalue weighted by Crippen LogP contribution is -2.50. The summed E-state index contributed by atoms with van der Waals surface area (Å²) in [6, 6.07) is 9.59.